The molecule has 5 heteroatoms. The average molecular weight is 355 g/mol. The van der Waals surface area contributed by atoms with Gasteiger partial charge in [0.2, 0.25) is 11.8 Å². The maximum absolute atomic E-state index is 13.4. The molecular weight excluding hydrogens is 326 g/mol. The monoisotopic (exact) mass is 355 g/mol. The first-order valence-corrected chi connectivity index (χ1v) is 10.2. The van der Waals surface area contributed by atoms with E-state index in [1.807, 2.05) is 23.1 Å². The van der Waals surface area contributed by atoms with E-state index in [2.05, 4.69) is 9.88 Å². The van der Waals surface area contributed by atoms with Crippen LogP contribution in [-0.2, 0) is 16.0 Å². The van der Waals surface area contributed by atoms with E-state index in [0.29, 0.717) is 31.5 Å². The van der Waals surface area contributed by atoms with Crippen molar-refractivity contribution in [2.75, 3.05) is 19.6 Å². The first kappa shape index (κ1) is 17.5. The Morgan fingerprint density at radius 2 is 1.96 bits per heavy atom. The summed E-state index contributed by atoms with van der Waals surface area (Å²) < 4.78 is 0. The number of amides is 2. The third-order valence-electron chi connectivity index (χ3n) is 6.55. The number of piperidine rings is 1. The van der Waals surface area contributed by atoms with Crippen LogP contribution < -0.4 is 0 Å². The lowest BCUT2D eigenvalue weighted by Gasteiger charge is -2.44. The molecule has 2 aliphatic heterocycles. The molecule has 0 N–H and O–H groups in total. The second kappa shape index (κ2) is 7.37. The molecule has 1 aromatic rings. The maximum atomic E-state index is 13.4. The highest BCUT2D eigenvalue weighted by atomic mass is 16.2. The van der Waals surface area contributed by atoms with Gasteiger partial charge in [-0.3, -0.25) is 14.6 Å². The average Bonchev–Trinajstić information content (AvgIpc) is 3.11. The molecule has 2 amide bonds. The molecule has 4 rings (SSSR count). The quantitative estimate of drug-likeness (QED) is 0.838. The zero-order valence-corrected chi connectivity index (χ0v) is 15.5. The standard InChI is InChI=1S/C21H29N3O2/c25-19(15-17-7-4-5-12-22-17)23-14-11-21(16-23)10-6-13-24(20(21)26)18-8-2-1-3-9-18/h4-5,7,12,18H,1-3,6,8-11,13-16H2/t21-/m1/s1. The van der Waals surface area contributed by atoms with Crippen molar-refractivity contribution >= 4 is 11.8 Å². The number of hydrogen-bond acceptors (Lipinski definition) is 3. The van der Waals surface area contributed by atoms with E-state index in [0.717, 1.165) is 44.3 Å². The minimum atomic E-state index is -0.324. The third kappa shape index (κ3) is 3.36. The SMILES string of the molecule is O=C(Cc1ccccn1)N1CC[C@]2(CCCN(C3CCCCC3)C2=O)C1. The van der Waals surface area contributed by atoms with Gasteiger partial charge < -0.3 is 9.80 Å². The lowest BCUT2D eigenvalue weighted by atomic mass is 9.77. The van der Waals surface area contributed by atoms with Crippen LogP contribution in [0.2, 0.25) is 0 Å². The van der Waals surface area contributed by atoms with E-state index in [-0.39, 0.29) is 11.3 Å². The number of carbonyl (C=O) groups excluding carboxylic acids is 2. The number of pyridine rings is 1. The van der Waals surface area contributed by atoms with Crippen LogP contribution >= 0.6 is 0 Å². The minimum Gasteiger partial charge on any atom is -0.341 e. The molecule has 0 unspecified atom stereocenters. The molecule has 1 spiro atoms. The summed E-state index contributed by atoms with van der Waals surface area (Å²) in [5, 5.41) is 0. The largest absolute Gasteiger partial charge is 0.341 e. The van der Waals surface area contributed by atoms with Gasteiger partial charge in [0, 0.05) is 37.6 Å². The molecule has 26 heavy (non-hydrogen) atoms. The molecule has 0 bridgehead atoms. The van der Waals surface area contributed by atoms with E-state index < -0.39 is 0 Å². The highest BCUT2D eigenvalue weighted by molar-refractivity contribution is 5.86. The normalized spacial score (nSPS) is 27.3. The Bertz CT molecular complexity index is 656. The zero-order valence-electron chi connectivity index (χ0n) is 15.5. The molecule has 0 aromatic carbocycles. The Morgan fingerprint density at radius 1 is 1.12 bits per heavy atom. The summed E-state index contributed by atoms with van der Waals surface area (Å²) in [5.74, 6) is 0.423. The van der Waals surface area contributed by atoms with Crippen molar-refractivity contribution in [1.29, 1.82) is 0 Å². The Hall–Kier alpha value is -1.91. The number of aromatic nitrogens is 1. The smallest absolute Gasteiger partial charge is 0.230 e. The first-order chi connectivity index (χ1) is 12.7. The summed E-state index contributed by atoms with van der Waals surface area (Å²) in [6.45, 7) is 2.21. The fourth-order valence-electron chi connectivity index (χ4n) is 5.08. The van der Waals surface area contributed by atoms with Crippen molar-refractivity contribution in [1.82, 2.24) is 14.8 Å². The van der Waals surface area contributed by atoms with E-state index in [1.165, 1.54) is 19.3 Å². The summed E-state index contributed by atoms with van der Waals surface area (Å²) in [6.07, 6.45) is 11.0. The molecule has 3 heterocycles. The van der Waals surface area contributed by atoms with E-state index in [1.54, 1.807) is 6.20 Å². The Balaban J connectivity index is 1.42. The summed E-state index contributed by atoms with van der Waals surface area (Å²) in [7, 11) is 0. The minimum absolute atomic E-state index is 0.100. The Labute approximate surface area is 155 Å². The number of likely N-dealkylation sites (tertiary alicyclic amines) is 2. The van der Waals surface area contributed by atoms with Crippen LogP contribution in [0.25, 0.3) is 0 Å². The molecule has 3 fully saturated rings. The number of nitrogens with zero attached hydrogens (tertiary/aromatic N) is 3. The van der Waals surface area contributed by atoms with Gasteiger partial charge in [0.15, 0.2) is 0 Å². The van der Waals surface area contributed by atoms with Crippen molar-refractivity contribution in [3.8, 4) is 0 Å². The fourth-order valence-corrected chi connectivity index (χ4v) is 5.08. The van der Waals surface area contributed by atoms with Crippen molar-refractivity contribution in [2.24, 2.45) is 5.41 Å². The van der Waals surface area contributed by atoms with Gasteiger partial charge in [-0.05, 0) is 44.2 Å². The Morgan fingerprint density at radius 3 is 2.73 bits per heavy atom. The highest BCUT2D eigenvalue weighted by Crippen LogP contribution is 2.42. The zero-order chi connectivity index (χ0) is 18.0. The van der Waals surface area contributed by atoms with Crippen LogP contribution in [0.4, 0.5) is 0 Å². The lowest BCUT2D eigenvalue weighted by Crippen LogP contribution is -2.54. The molecule has 1 aliphatic carbocycles. The predicted molar refractivity (Wildman–Crippen MR) is 99.4 cm³/mol. The van der Waals surface area contributed by atoms with Crippen LogP contribution in [-0.4, -0.2) is 52.3 Å². The van der Waals surface area contributed by atoms with E-state index >= 15 is 0 Å². The van der Waals surface area contributed by atoms with Crippen LogP contribution in [0.3, 0.4) is 0 Å². The van der Waals surface area contributed by atoms with Gasteiger partial charge in [0.05, 0.1) is 11.8 Å². The van der Waals surface area contributed by atoms with Gasteiger partial charge >= 0.3 is 0 Å². The molecule has 140 valence electrons. The molecule has 2 saturated heterocycles. The predicted octanol–water partition coefficient (Wildman–Crippen LogP) is 2.80. The molecule has 5 nitrogen and oxygen atoms in total. The van der Waals surface area contributed by atoms with Gasteiger partial charge in [-0.25, -0.2) is 0 Å². The summed E-state index contributed by atoms with van der Waals surface area (Å²) >= 11 is 0. The second-order valence-corrected chi connectivity index (χ2v) is 8.24. The van der Waals surface area contributed by atoms with E-state index in [9.17, 15) is 9.59 Å². The number of rotatable bonds is 3. The molecule has 1 aromatic heterocycles. The van der Waals surface area contributed by atoms with Crippen LogP contribution in [0, 0.1) is 5.41 Å². The van der Waals surface area contributed by atoms with Crippen molar-refractivity contribution < 1.29 is 9.59 Å². The van der Waals surface area contributed by atoms with Crippen molar-refractivity contribution in [2.45, 2.75) is 63.8 Å². The first-order valence-electron chi connectivity index (χ1n) is 10.2. The van der Waals surface area contributed by atoms with Crippen molar-refractivity contribution in [3.05, 3.63) is 30.1 Å². The summed E-state index contributed by atoms with van der Waals surface area (Å²) in [6, 6.07) is 6.10. The molecule has 0 radical (unpaired) electrons. The Kier molecular flexibility index (Phi) is 4.96. The molecule has 1 saturated carbocycles. The van der Waals surface area contributed by atoms with Crippen LogP contribution in [0.15, 0.2) is 24.4 Å². The van der Waals surface area contributed by atoms with E-state index in [4.69, 9.17) is 0 Å². The number of carbonyl (C=O) groups is 2. The highest BCUT2D eigenvalue weighted by Gasteiger charge is 2.50. The van der Waals surface area contributed by atoms with Gasteiger partial charge in [-0.1, -0.05) is 25.3 Å². The summed E-state index contributed by atoms with van der Waals surface area (Å²) in [5.41, 5.74) is 0.479. The van der Waals surface area contributed by atoms with Gasteiger partial charge in [-0.2, -0.15) is 0 Å². The fraction of sp³-hybridized carbons (Fsp3) is 0.667. The molecule has 3 aliphatic rings. The second-order valence-electron chi connectivity index (χ2n) is 8.24. The number of hydrogen-bond donors (Lipinski definition) is 0. The topological polar surface area (TPSA) is 53.5 Å². The lowest BCUT2D eigenvalue weighted by molar-refractivity contribution is -0.149. The van der Waals surface area contributed by atoms with Gasteiger partial charge in [0.25, 0.3) is 0 Å². The van der Waals surface area contributed by atoms with Crippen LogP contribution in [0.1, 0.15) is 57.1 Å². The van der Waals surface area contributed by atoms with Crippen LogP contribution in [0.5, 0.6) is 0 Å². The van der Waals surface area contributed by atoms with Gasteiger partial charge in [-0.15, -0.1) is 0 Å². The van der Waals surface area contributed by atoms with Crippen molar-refractivity contribution in [3.63, 3.8) is 0 Å². The molecular formula is C21H29N3O2. The maximum Gasteiger partial charge on any atom is 0.230 e. The molecule has 1 atom stereocenters. The summed E-state index contributed by atoms with van der Waals surface area (Å²) in [4.78, 5) is 34.4. The third-order valence-corrected chi connectivity index (χ3v) is 6.55. The van der Waals surface area contributed by atoms with Gasteiger partial charge in [0.1, 0.15) is 0 Å².